The molecule has 156 valence electrons. The van der Waals surface area contributed by atoms with Gasteiger partial charge in [0.15, 0.2) is 0 Å². The number of hydrogen-bond acceptors (Lipinski definition) is 6. The Hall–Kier alpha value is -2.89. The van der Waals surface area contributed by atoms with Gasteiger partial charge in [-0.05, 0) is 18.4 Å². The number of anilines is 1. The molecule has 0 aromatic carbocycles. The largest absolute Gasteiger partial charge is 0.465 e. The number of halogens is 3. The number of piperidine rings is 1. The molecule has 4 N–H and O–H groups in total. The van der Waals surface area contributed by atoms with E-state index < -0.39 is 23.7 Å². The molecule has 0 unspecified atom stereocenters. The lowest BCUT2D eigenvalue weighted by Gasteiger charge is -2.35. The van der Waals surface area contributed by atoms with Crippen LogP contribution in [-0.2, 0) is 6.18 Å². The van der Waals surface area contributed by atoms with E-state index in [-0.39, 0.29) is 34.0 Å². The summed E-state index contributed by atoms with van der Waals surface area (Å²) in [6.07, 6.45) is -4.51. The van der Waals surface area contributed by atoms with Gasteiger partial charge in [-0.25, -0.2) is 14.8 Å². The molecular weight excluding hydrogens is 411 g/mol. The Bertz CT molecular complexity index is 933. The van der Waals surface area contributed by atoms with Gasteiger partial charge < -0.3 is 21.1 Å². The molecule has 1 aliphatic rings. The second-order valence-corrected chi connectivity index (χ2v) is 7.67. The quantitative estimate of drug-likeness (QED) is 0.687. The number of nitrogens with two attached hydrogens (primary N) is 1. The molecule has 8 nitrogen and oxygen atoms in total. The van der Waals surface area contributed by atoms with Crippen LogP contribution in [0.3, 0.4) is 0 Å². The first-order chi connectivity index (χ1) is 13.6. The Kier molecular flexibility index (Phi) is 5.64. The Labute approximate surface area is 167 Å². The summed E-state index contributed by atoms with van der Waals surface area (Å²) in [6, 6.07) is 1.07. The second-order valence-electron chi connectivity index (χ2n) is 6.76. The van der Waals surface area contributed by atoms with Crippen LogP contribution >= 0.6 is 11.3 Å². The van der Waals surface area contributed by atoms with Crippen molar-refractivity contribution in [3.63, 3.8) is 0 Å². The fraction of sp³-hybridized carbons (Fsp3) is 0.412. The van der Waals surface area contributed by atoms with Gasteiger partial charge in [-0.15, -0.1) is 11.3 Å². The lowest BCUT2D eigenvalue weighted by Crippen LogP contribution is -2.47. The molecule has 0 spiro atoms. The van der Waals surface area contributed by atoms with Crippen LogP contribution in [-0.4, -0.2) is 51.1 Å². The van der Waals surface area contributed by atoms with E-state index in [2.05, 4.69) is 15.3 Å². The van der Waals surface area contributed by atoms with Crippen molar-refractivity contribution in [1.82, 2.24) is 14.9 Å². The van der Waals surface area contributed by atoms with E-state index in [1.165, 1.54) is 16.3 Å². The van der Waals surface area contributed by atoms with Gasteiger partial charge in [0.25, 0.3) is 0 Å². The van der Waals surface area contributed by atoms with Crippen LogP contribution in [0.4, 0.5) is 23.9 Å². The highest BCUT2D eigenvalue weighted by Gasteiger charge is 2.36. The molecule has 0 aliphatic carbocycles. The van der Waals surface area contributed by atoms with Gasteiger partial charge in [0, 0.05) is 30.7 Å². The van der Waals surface area contributed by atoms with E-state index in [9.17, 15) is 22.8 Å². The van der Waals surface area contributed by atoms with E-state index in [1.807, 2.05) is 6.92 Å². The van der Waals surface area contributed by atoms with E-state index >= 15 is 0 Å². The molecule has 2 aromatic rings. The fourth-order valence-electron chi connectivity index (χ4n) is 3.14. The highest BCUT2D eigenvalue weighted by Crippen LogP contribution is 2.38. The summed E-state index contributed by atoms with van der Waals surface area (Å²) in [5.41, 5.74) is 3.92. The minimum Gasteiger partial charge on any atom is -0.465 e. The molecule has 0 bridgehead atoms. The first-order valence-electron chi connectivity index (χ1n) is 8.63. The smallest absolute Gasteiger partial charge is 0.420 e. The number of nitrogens with one attached hydrogen (secondary N) is 1. The van der Waals surface area contributed by atoms with Crippen LogP contribution in [0.1, 0.15) is 29.3 Å². The summed E-state index contributed by atoms with van der Waals surface area (Å²) in [7, 11) is 0. The third-order valence-electron chi connectivity index (χ3n) is 4.70. The average Bonchev–Trinajstić information content (AvgIpc) is 3.12. The minimum absolute atomic E-state index is 0.00245. The van der Waals surface area contributed by atoms with Crippen molar-refractivity contribution in [2.45, 2.75) is 25.6 Å². The lowest BCUT2D eigenvalue weighted by molar-refractivity contribution is -0.137. The van der Waals surface area contributed by atoms with Crippen molar-refractivity contribution in [3.05, 3.63) is 28.8 Å². The van der Waals surface area contributed by atoms with Gasteiger partial charge in [0.1, 0.15) is 5.56 Å². The standard InChI is InChI=1S/C17H18F3N5O3S/c1-8-6-25(16(27)28)3-2-11(8)23-15-22-5-10(17(18,19)20)13(24-15)12-4-9(7-29-12)14(21)26/h4-5,7-8,11H,2-3,6H2,1H3,(H2,21,26)(H,27,28)(H,22,23,24)/t8-,11+/m1/s1. The third-order valence-corrected chi connectivity index (χ3v) is 5.64. The third kappa shape index (κ3) is 4.58. The predicted molar refractivity (Wildman–Crippen MR) is 99.7 cm³/mol. The van der Waals surface area contributed by atoms with E-state index in [0.717, 1.165) is 11.3 Å². The number of rotatable bonds is 4. The Morgan fingerprint density at radius 1 is 1.41 bits per heavy atom. The highest BCUT2D eigenvalue weighted by molar-refractivity contribution is 7.13. The van der Waals surface area contributed by atoms with E-state index in [0.29, 0.717) is 25.7 Å². The van der Waals surface area contributed by atoms with Crippen molar-refractivity contribution in [2.24, 2.45) is 11.7 Å². The first kappa shape index (κ1) is 20.8. The molecule has 0 saturated carbocycles. The maximum Gasteiger partial charge on any atom is 0.420 e. The molecule has 1 aliphatic heterocycles. The predicted octanol–water partition coefficient (Wildman–Crippen LogP) is 3.12. The number of carbonyl (C=O) groups is 2. The zero-order valence-electron chi connectivity index (χ0n) is 15.2. The monoisotopic (exact) mass is 429 g/mol. The van der Waals surface area contributed by atoms with Crippen molar-refractivity contribution in [3.8, 4) is 10.6 Å². The molecule has 2 amide bonds. The number of carboxylic acid groups (broad SMARTS) is 1. The number of alkyl halides is 3. The molecule has 1 saturated heterocycles. The topological polar surface area (TPSA) is 121 Å². The maximum absolute atomic E-state index is 13.4. The summed E-state index contributed by atoms with van der Waals surface area (Å²) in [6.45, 7) is 2.45. The summed E-state index contributed by atoms with van der Waals surface area (Å²) >= 11 is 0.929. The Morgan fingerprint density at radius 2 is 2.14 bits per heavy atom. The van der Waals surface area contributed by atoms with Crippen LogP contribution in [0.25, 0.3) is 10.6 Å². The van der Waals surface area contributed by atoms with Crippen LogP contribution in [0.5, 0.6) is 0 Å². The van der Waals surface area contributed by atoms with Gasteiger partial charge in [0.2, 0.25) is 11.9 Å². The Morgan fingerprint density at radius 3 is 2.69 bits per heavy atom. The maximum atomic E-state index is 13.4. The minimum atomic E-state index is -4.68. The summed E-state index contributed by atoms with van der Waals surface area (Å²) < 4.78 is 40.3. The summed E-state index contributed by atoms with van der Waals surface area (Å²) in [4.78, 5) is 31.7. The first-order valence-corrected chi connectivity index (χ1v) is 9.51. The zero-order valence-corrected chi connectivity index (χ0v) is 16.0. The molecule has 2 aromatic heterocycles. The van der Waals surface area contributed by atoms with E-state index in [1.54, 1.807) is 0 Å². The molecule has 2 atom stereocenters. The molecule has 29 heavy (non-hydrogen) atoms. The van der Waals surface area contributed by atoms with Crippen LogP contribution < -0.4 is 11.1 Å². The number of amides is 2. The van der Waals surface area contributed by atoms with Crippen molar-refractivity contribution >= 4 is 29.3 Å². The fourth-order valence-corrected chi connectivity index (χ4v) is 4.04. The molecular formula is C17H18F3N5O3S. The van der Waals surface area contributed by atoms with Crippen molar-refractivity contribution in [2.75, 3.05) is 18.4 Å². The van der Waals surface area contributed by atoms with Crippen LogP contribution in [0.15, 0.2) is 17.6 Å². The van der Waals surface area contributed by atoms with Gasteiger partial charge >= 0.3 is 12.3 Å². The molecule has 3 rings (SSSR count). The van der Waals surface area contributed by atoms with Crippen LogP contribution in [0.2, 0.25) is 0 Å². The van der Waals surface area contributed by atoms with Gasteiger partial charge in [-0.3, -0.25) is 4.79 Å². The number of primary amides is 1. The second kappa shape index (κ2) is 7.85. The Balaban J connectivity index is 1.89. The average molecular weight is 429 g/mol. The highest BCUT2D eigenvalue weighted by atomic mass is 32.1. The molecule has 1 fully saturated rings. The number of hydrogen-bond donors (Lipinski definition) is 3. The lowest BCUT2D eigenvalue weighted by atomic mass is 9.94. The van der Waals surface area contributed by atoms with Gasteiger partial charge in [0.05, 0.1) is 16.1 Å². The van der Waals surface area contributed by atoms with Crippen molar-refractivity contribution < 1.29 is 27.9 Å². The SMILES string of the molecule is C[C@@H]1CN(C(=O)O)CC[C@@H]1Nc1ncc(C(F)(F)F)c(-c2cc(C(N)=O)cs2)n1. The number of carbonyl (C=O) groups excluding carboxylic acids is 1. The summed E-state index contributed by atoms with van der Waals surface area (Å²) in [5.74, 6) is -0.826. The zero-order chi connectivity index (χ0) is 21.3. The summed E-state index contributed by atoms with van der Waals surface area (Å²) in [5, 5.41) is 13.5. The van der Waals surface area contributed by atoms with Crippen molar-refractivity contribution in [1.29, 1.82) is 0 Å². The number of nitrogens with zero attached hydrogens (tertiary/aromatic N) is 3. The normalized spacial score (nSPS) is 19.8. The number of thiophene rings is 1. The molecule has 3 heterocycles. The van der Waals surface area contributed by atoms with E-state index in [4.69, 9.17) is 10.8 Å². The number of aromatic nitrogens is 2. The van der Waals surface area contributed by atoms with Gasteiger partial charge in [-0.2, -0.15) is 13.2 Å². The van der Waals surface area contributed by atoms with Crippen LogP contribution in [0, 0.1) is 5.92 Å². The molecule has 0 radical (unpaired) electrons. The number of likely N-dealkylation sites (tertiary alicyclic amines) is 1. The van der Waals surface area contributed by atoms with Gasteiger partial charge in [-0.1, -0.05) is 6.92 Å². The molecule has 12 heteroatoms.